The third-order valence-corrected chi connectivity index (χ3v) is 5.37. The summed E-state index contributed by atoms with van der Waals surface area (Å²) >= 11 is 12.0. The van der Waals surface area contributed by atoms with E-state index in [1.54, 1.807) is 0 Å². The molecule has 0 amide bonds. The molecule has 0 saturated heterocycles. The van der Waals surface area contributed by atoms with Gasteiger partial charge in [0.05, 0.1) is 16.7 Å². The Morgan fingerprint density at radius 2 is 1.67 bits per heavy atom. The summed E-state index contributed by atoms with van der Waals surface area (Å²) in [5.74, 6) is 0.554. The lowest BCUT2D eigenvalue weighted by Gasteiger charge is -2.13. The first-order valence-electron chi connectivity index (χ1n) is 8.11. The normalized spacial score (nSPS) is 12.6. The van der Waals surface area contributed by atoms with E-state index < -0.39 is 0 Å². The zero-order chi connectivity index (χ0) is 17.5. The SMILES string of the molecule is CC(C)c1ccc(CONCCC(P)c2ccc(Cl)c(Cl)c2)cc1. The van der Waals surface area contributed by atoms with Gasteiger partial charge in [0.25, 0.3) is 0 Å². The highest BCUT2D eigenvalue weighted by Crippen LogP contribution is 2.31. The van der Waals surface area contributed by atoms with Gasteiger partial charge in [-0.1, -0.05) is 67.4 Å². The van der Waals surface area contributed by atoms with Gasteiger partial charge in [-0.05, 0) is 46.8 Å². The second-order valence-electron chi connectivity index (χ2n) is 6.15. The first kappa shape index (κ1) is 19.7. The fourth-order valence-electron chi connectivity index (χ4n) is 2.33. The molecule has 0 bridgehead atoms. The zero-order valence-corrected chi connectivity index (χ0v) is 16.7. The van der Waals surface area contributed by atoms with Gasteiger partial charge >= 0.3 is 0 Å². The summed E-state index contributed by atoms with van der Waals surface area (Å²) < 4.78 is 0. The highest BCUT2D eigenvalue weighted by molar-refractivity contribution is 7.17. The maximum atomic E-state index is 6.06. The molecule has 0 aliphatic heterocycles. The molecule has 0 aromatic heterocycles. The van der Waals surface area contributed by atoms with Crippen LogP contribution in [0, 0.1) is 0 Å². The van der Waals surface area contributed by atoms with Crippen LogP contribution in [0.4, 0.5) is 0 Å². The van der Waals surface area contributed by atoms with Crippen molar-refractivity contribution in [2.75, 3.05) is 6.54 Å². The van der Waals surface area contributed by atoms with E-state index in [9.17, 15) is 0 Å². The van der Waals surface area contributed by atoms with Gasteiger partial charge in [-0.15, -0.1) is 9.24 Å². The number of hydroxylamine groups is 1. The summed E-state index contributed by atoms with van der Waals surface area (Å²) in [6.45, 7) is 5.71. The zero-order valence-electron chi connectivity index (χ0n) is 14.1. The third kappa shape index (κ3) is 6.02. The van der Waals surface area contributed by atoms with Crippen LogP contribution in [-0.2, 0) is 11.4 Å². The fourth-order valence-corrected chi connectivity index (χ4v) is 3.01. The van der Waals surface area contributed by atoms with Crippen LogP contribution >= 0.6 is 32.4 Å². The van der Waals surface area contributed by atoms with E-state index in [1.807, 2.05) is 18.2 Å². The monoisotopic (exact) mass is 383 g/mol. The number of hydrogen-bond acceptors (Lipinski definition) is 2. The summed E-state index contributed by atoms with van der Waals surface area (Å²) in [7, 11) is 2.84. The summed E-state index contributed by atoms with van der Waals surface area (Å²) in [6.07, 6.45) is 0.926. The van der Waals surface area contributed by atoms with Crippen molar-refractivity contribution in [2.24, 2.45) is 0 Å². The van der Waals surface area contributed by atoms with Crippen molar-refractivity contribution >= 4 is 32.4 Å². The van der Waals surface area contributed by atoms with E-state index in [4.69, 9.17) is 28.0 Å². The lowest BCUT2D eigenvalue weighted by atomic mass is 10.0. The van der Waals surface area contributed by atoms with Crippen LogP contribution in [0.5, 0.6) is 0 Å². The average molecular weight is 384 g/mol. The minimum absolute atomic E-state index is 0.307. The Morgan fingerprint density at radius 3 is 2.29 bits per heavy atom. The molecule has 130 valence electrons. The van der Waals surface area contributed by atoms with Crippen molar-refractivity contribution in [3.05, 3.63) is 69.2 Å². The standard InChI is InChI=1S/C19H24Cl2NOP/c1-13(2)15-5-3-14(4-6-15)12-23-22-10-9-19(24)16-7-8-17(20)18(21)11-16/h3-8,11,13,19,22H,9-10,12,24H2,1-2H3. The molecule has 2 atom stereocenters. The molecule has 0 aliphatic carbocycles. The topological polar surface area (TPSA) is 21.3 Å². The third-order valence-electron chi connectivity index (χ3n) is 3.92. The minimum Gasteiger partial charge on any atom is -0.297 e. The second-order valence-corrected chi connectivity index (χ2v) is 7.77. The summed E-state index contributed by atoms with van der Waals surface area (Å²) in [4.78, 5) is 5.54. The molecule has 0 radical (unpaired) electrons. The molecule has 1 N–H and O–H groups in total. The van der Waals surface area contributed by atoms with E-state index in [1.165, 1.54) is 11.1 Å². The van der Waals surface area contributed by atoms with Crippen LogP contribution < -0.4 is 5.48 Å². The molecule has 2 nitrogen and oxygen atoms in total. The number of benzene rings is 2. The molecule has 24 heavy (non-hydrogen) atoms. The van der Waals surface area contributed by atoms with Gasteiger partial charge in [-0.2, -0.15) is 0 Å². The van der Waals surface area contributed by atoms with Gasteiger partial charge in [0.15, 0.2) is 0 Å². The Balaban J connectivity index is 1.69. The smallest absolute Gasteiger partial charge is 0.0933 e. The number of rotatable bonds is 8. The summed E-state index contributed by atoms with van der Waals surface area (Å²) in [6, 6.07) is 14.3. The Labute approximate surface area is 157 Å². The van der Waals surface area contributed by atoms with Crippen LogP contribution in [0.25, 0.3) is 0 Å². The van der Waals surface area contributed by atoms with Gasteiger partial charge < -0.3 is 0 Å². The Bertz CT molecular complexity index is 646. The van der Waals surface area contributed by atoms with Gasteiger partial charge in [0.1, 0.15) is 0 Å². The molecular weight excluding hydrogens is 360 g/mol. The molecule has 0 aliphatic rings. The molecule has 5 heteroatoms. The number of halogens is 2. The molecule has 0 saturated carbocycles. The van der Waals surface area contributed by atoms with Crippen molar-refractivity contribution in [1.82, 2.24) is 5.48 Å². The van der Waals surface area contributed by atoms with Crippen molar-refractivity contribution in [3.8, 4) is 0 Å². The predicted octanol–water partition coefficient (Wildman–Crippen LogP) is 6.14. The molecule has 2 unspecified atom stereocenters. The highest BCUT2D eigenvalue weighted by atomic mass is 35.5. The van der Waals surface area contributed by atoms with E-state index in [0.29, 0.717) is 28.2 Å². The molecule has 0 spiro atoms. The molecular formula is C19H24Cl2NOP. The summed E-state index contributed by atoms with van der Waals surface area (Å²) in [5, 5.41) is 1.18. The van der Waals surface area contributed by atoms with E-state index in [0.717, 1.165) is 18.5 Å². The second kappa shape index (κ2) is 9.75. The maximum Gasteiger partial charge on any atom is 0.0933 e. The van der Waals surface area contributed by atoms with Crippen molar-refractivity contribution in [1.29, 1.82) is 0 Å². The molecule has 2 rings (SSSR count). The number of hydrogen-bond donors (Lipinski definition) is 1. The highest BCUT2D eigenvalue weighted by Gasteiger charge is 2.08. The van der Waals surface area contributed by atoms with Gasteiger partial charge in [-0.3, -0.25) is 4.84 Å². The van der Waals surface area contributed by atoms with Crippen molar-refractivity contribution in [2.45, 2.75) is 38.5 Å². The molecule has 2 aromatic carbocycles. The van der Waals surface area contributed by atoms with Crippen molar-refractivity contribution in [3.63, 3.8) is 0 Å². The fraction of sp³-hybridized carbons (Fsp3) is 0.368. The first-order chi connectivity index (χ1) is 11.5. The van der Waals surface area contributed by atoms with Gasteiger partial charge in [0, 0.05) is 6.54 Å². The quantitative estimate of drug-likeness (QED) is 0.335. The molecule has 0 heterocycles. The molecule has 0 fully saturated rings. The van der Waals surface area contributed by atoms with Crippen molar-refractivity contribution < 1.29 is 4.84 Å². The lowest BCUT2D eigenvalue weighted by molar-refractivity contribution is 0.0275. The van der Waals surface area contributed by atoms with Crippen LogP contribution in [0.15, 0.2) is 42.5 Å². The van der Waals surface area contributed by atoms with Crippen LogP contribution in [0.1, 0.15) is 48.5 Å². The van der Waals surface area contributed by atoms with Crippen LogP contribution in [0.3, 0.4) is 0 Å². The maximum absolute atomic E-state index is 6.06. The number of nitrogens with one attached hydrogen (secondary N) is 1. The predicted molar refractivity (Wildman–Crippen MR) is 107 cm³/mol. The van der Waals surface area contributed by atoms with E-state index >= 15 is 0 Å². The molecule has 2 aromatic rings. The summed E-state index contributed by atoms with van der Waals surface area (Å²) in [5.41, 5.74) is 7.00. The van der Waals surface area contributed by atoms with E-state index in [-0.39, 0.29) is 0 Å². The average Bonchev–Trinajstić information content (AvgIpc) is 2.57. The van der Waals surface area contributed by atoms with Gasteiger partial charge in [0.2, 0.25) is 0 Å². The largest absolute Gasteiger partial charge is 0.297 e. The Hall–Kier alpha value is -0.630. The Morgan fingerprint density at radius 1 is 1.00 bits per heavy atom. The first-order valence-corrected chi connectivity index (χ1v) is 9.53. The lowest BCUT2D eigenvalue weighted by Crippen LogP contribution is -2.17. The van der Waals surface area contributed by atoms with Crippen LogP contribution in [-0.4, -0.2) is 6.54 Å². The van der Waals surface area contributed by atoms with Crippen LogP contribution in [0.2, 0.25) is 10.0 Å². The Kier molecular flexibility index (Phi) is 8.00. The van der Waals surface area contributed by atoms with E-state index in [2.05, 4.69) is 52.8 Å². The minimum atomic E-state index is 0.307. The van der Waals surface area contributed by atoms with Gasteiger partial charge in [-0.25, -0.2) is 5.48 Å².